The monoisotopic (exact) mass is 397 g/mol. The van der Waals surface area contributed by atoms with Crippen LogP contribution in [0.5, 0.6) is 0 Å². The average Bonchev–Trinajstić information content (AvgIpc) is 3.41. The summed E-state index contributed by atoms with van der Waals surface area (Å²) in [7, 11) is 0. The van der Waals surface area contributed by atoms with Crippen molar-refractivity contribution < 1.29 is 0 Å². The molecule has 3 nitrogen and oxygen atoms in total. The largest absolute Gasteiger partial charge is 0.297 e. The molecule has 0 N–H and O–H groups in total. The van der Waals surface area contributed by atoms with Crippen LogP contribution in [-0.4, -0.2) is 28.0 Å². The number of likely N-dealkylation sites (tertiary alicyclic amines) is 1. The number of para-hydroxylation sites is 1. The second-order valence-corrected chi connectivity index (χ2v) is 9.45. The minimum Gasteiger partial charge on any atom is -0.297 e. The first kappa shape index (κ1) is 16.6. The van der Waals surface area contributed by atoms with E-state index in [0.29, 0.717) is 5.92 Å². The Hall–Kier alpha value is -1.60. The Balaban J connectivity index is 1.30. The van der Waals surface area contributed by atoms with E-state index in [1.165, 1.54) is 33.8 Å². The van der Waals surface area contributed by atoms with Crippen molar-refractivity contribution >= 4 is 44.2 Å². The number of aromatic nitrogens is 2. The highest BCUT2D eigenvalue weighted by atomic mass is 32.1. The standard InChI is InChI=1S/C20H19N3S3/c1-2-6-18-17(5-1)22-20(26-18)14-4-3-8-23(10-14)11-16-13-25-19(21-16)15-7-9-24-12-15/h1-2,5-7,9,12-14H,3-4,8,10-11H2/t14-/m1/s1. The molecule has 3 aromatic heterocycles. The SMILES string of the molecule is c1ccc2sc([C@@H]3CCCN(Cc4csc(-c5ccsc5)n4)C3)nc2c1. The number of fused-ring (bicyclic) bond motifs is 1. The summed E-state index contributed by atoms with van der Waals surface area (Å²) in [6.07, 6.45) is 2.48. The molecule has 1 aliphatic rings. The van der Waals surface area contributed by atoms with E-state index in [-0.39, 0.29) is 0 Å². The maximum Gasteiger partial charge on any atom is 0.124 e. The minimum absolute atomic E-state index is 0.552. The quantitative estimate of drug-likeness (QED) is 0.432. The van der Waals surface area contributed by atoms with Crippen LogP contribution >= 0.6 is 34.0 Å². The van der Waals surface area contributed by atoms with Crippen LogP contribution < -0.4 is 0 Å². The highest BCUT2D eigenvalue weighted by molar-refractivity contribution is 7.18. The van der Waals surface area contributed by atoms with Gasteiger partial charge in [0.2, 0.25) is 0 Å². The molecule has 1 aromatic carbocycles. The van der Waals surface area contributed by atoms with Crippen molar-refractivity contribution in [2.75, 3.05) is 13.1 Å². The van der Waals surface area contributed by atoms with E-state index >= 15 is 0 Å². The predicted octanol–water partition coefficient (Wildman–Crippen LogP) is 5.86. The first-order chi connectivity index (χ1) is 12.8. The molecule has 0 saturated carbocycles. The normalized spacial score (nSPS) is 18.5. The summed E-state index contributed by atoms with van der Waals surface area (Å²) in [4.78, 5) is 12.3. The number of thiazole rings is 2. The Morgan fingerprint density at radius 2 is 2.08 bits per heavy atom. The molecule has 0 radical (unpaired) electrons. The maximum atomic E-state index is 4.90. The molecule has 1 aliphatic heterocycles. The molecule has 1 fully saturated rings. The molecule has 1 atom stereocenters. The van der Waals surface area contributed by atoms with Crippen LogP contribution in [0, 0.1) is 0 Å². The van der Waals surface area contributed by atoms with E-state index in [0.717, 1.165) is 30.2 Å². The lowest BCUT2D eigenvalue weighted by atomic mass is 9.98. The Morgan fingerprint density at radius 3 is 2.96 bits per heavy atom. The molecule has 4 aromatic rings. The van der Waals surface area contributed by atoms with Gasteiger partial charge in [0.15, 0.2) is 0 Å². The van der Waals surface area contributed by atoms with Gasteiger partial charge < -0.3 is 0 Å². The topological polar surface area (TPSA) is 29.0 Å². The van der Waals surface area contributed by atoms with Gasteiger partial charge in [0, 0.05) is 35.3 Å². The number of rotatable bonds is 4. The fourth-order valence-electron chi connectivity index (χ4n) is 3.59. The van der Waals surface area contributed by atoms with Crippen LogP contribution in [0.4, 0.5) is 0 Å². The van der Waals surface area contributed by atoms with Crippen LogP contribution in [0.2, 0.25) is 0 Å². The van der Waals surface area contributed by atoms with Gasteiger partial charge in [0.1, 0.15) is 5.01 Å². The van der Waals surface area contributed by atoms with Crippen molar-refractivity contribution in [1.82, 2.24) is 14.9 Å². The molecule has 0 bridgehead atoms. The zero-order valence-corrected chi connectivity index (χ0v) is 16.7. The Bertz CT molecular complexity index is 969. The molecule has 6 heteroatoms. The molecule has 0 amide bonds. The van der Waals surface area contributed by atoms with Gasteiger partial charge in [0.05, 0.1) is 20.9 Å². The van der Waals surface area contributed by atoms with Crippen LogP contribution in [0.3, 0.4) is 0 Å². The van der Waals surface area contributed by atoms with Crippen molar-refractivity contribution in [1.29, 1.82) is 0 Å². The van der Waals surface area contributed by atoms with Crippen LogP contribution in [0.15, 0.2) is 46.5 Å². The van der Waals surface area contributed by atoms with Crippen molar-refractivity contribution in [2.24, 2.45) is 0 Å². The number of hydrogen-bond donors (Lipinski definition) is 0. The molecule has 0 aliphatic carbocycles. The summed E-state index contributed by atoms with van der Waals surface area (Å²) < 4.78 is 1.31. The molecule has 1 saturated heterocycles. The fourth-order valence-corrected chi connectivity index (χ4v) is 6.21. The van der Waals surface area contributed by atoms with Crippen molar-refractivity contribution in [2.45, 2.75) is 25.3 Å². The predicted molar refractivity (Wildman–Crippen MR) is 112 cm³/mol. The zero-order valence-electron chi connectivity index (χ0n) is 14.3. The van der Waals surface area contributed by atoms with Gasteiger partial charge in [-0.05, 0) is 43.0 Å². The van der Waals surface area contributed by atoms with Crippen molar-refractivity contribution in [3.05, 3.63) is 57.2 Å². The second-order valence-electron chi connectivity index (χ2n) is 6.75. The molecule has 4 heterocycles. The van der Waals surface area contributed by atoms with Crippen LogP contribution in [0.1, 0.15) is 29.5 Å². The number of piperidine rings is 1. The molecule has 0 spiro atoms. The lowest BCUT2D eigenvalue weighted by molar-refractivity contribution is 0.198. The Morgan fingerprint density at radius 1 is 1.12 bits per heavy atom. The van der Waals surface area contributed by atoms with E-state index in [2.05, 4.69) is 51.4 Å². The summed E-state index contributed by atoms with van der Waals surface area (Å²) in [5.41, 5.74) is 3.59. The molecular weight excluding hydrogens is 378 g/mol. The first-order valence-corrected chi connectivity index (χ1v) is 11.5. The van der Waals surface area contributed by atoms with Crippen molar-refractivity contribution in [3.63, 3.8) is 0 Å². The summed E-state index contributed by atoms with van der Waals surface area (Å²) in [5.74, 6) is 0.552. The van der Waals surface area contributed by atoms with Crippen LogP contribution in [0.25, 0.3) is 20.8 Å². The third-order valence-corrected chi connectivity index (χ3v) is 7.69. The molecule has 26 heavy (non-hydrogen) atoms. The van der Waals surface area contributed by atoms with E-state index < -0.39 is 0 Å². The maximum absolute atomic E-state index is 4.90. The average molecular weight is 398 g/mol. The van der Waals surface area contributed by atoms with E-state index in [9.17, 15) is 0 Å². The number of thiophene rings is 1. The molecule has 0 unspecified atom stereocenters. The zero-order chi connectivity index (χ0) is 17.3. The van der Waals surface area contributed by atoms with Crippen molar-refractivity contribution in [3.8, 4) is 10.6 Å². The molecule has 5 rings (SSSR count). The van der Waals surface area contributed by atoms with Gasteiger partial charge in [-0.1, -0.05) is 12.1 Å². The van der Waals surface area contributed by atoms with Gasteiger partial charge in [-0.2, -0.15) is 11.3 Å². The second kappa shape index (κ2) is 7.19. The Labute approximate surface area is 165 Å². The van der Waals surface area contributed by atoms with Gasteiger partial charge in [0.25, 0.3) is 0 Å². The Kier molecular flexibility index (Phi) is 4.58. The van der Waals surface area contributed by atoms with Gasteiger partial charge >= 0.3 is 0 Å². The van der Waals surface area contributed by atoms with E-state index in [4.69, 9.17) is 9.97 Å². The number of hydrogen-bond acceptors (Lipinski definition) is 6. The molecular formula is C20H19N3S3. The van der Waals surface area contributed by atoms with E-state index in [1.54, 1.807) is 22.7 Å². The van der Waals surface area contributed by atoms with E-state index in [1.807, 2.05) is 11.3 Å². The van der Waals surface area contributed by atoms with Gasteiger partial charge in [-0.15, -0.1) is 22.7 Å². The fraction of sp³-hybridized carbons (Fsp3) is 0.300. The minimum atomic E-state index is 0.552. The smallest absolute Gasteiger partial charge is 0.124 e. The molecule has 132 valence electrons. The van der Waals surface area contributed by atoms with Gasteiger partial charge in [-0.3, -0.25) is 4.90 Å². The lowest BCUT2D eigenvalue weighted by Gasteiger charge is -2.31. The summed E-state index contributed by atoms with van der Waals surface area (Å²) in [5, 5.41) is 8.94. The summed E-state index contributed by atoms with van der Waals surface area (Å²) in [6, 6.07) is 10.6. The van der Waals surface area contributed by atoms with Gasteiger partial charge in [-0.25, -0.2) is 9.97 Å². The highest BCUT2D eigenvalue weighted by Gasteiger charge is 2.24. The highest BCUT2D eigenvalue weighted by Crippen LogP contribution is 2.33. The number of nitrogens with zero attached hydrogens (tertiary/aromatic N) is 3. The third kappa shape index (κ3) is 3.34. The summed E-state index contributed by atoms with van der Waals surface area (Å²) in [6.45, 7) is 3.19. The first-order valence-electron chi connectivity index (χ1n) is 8.90. The lowest BCUT2D eigenvalue weighted by Crippen LogP contribution is -2.33. The van der Waals surface area contributed by atoms with Crippen LogP contribution in [-0.2, 0) is 6.54 Å². The summed E-state index contributed by atoms with van der Waals surface area (Å²) >= 11 is 5.35. The third-order valence-electron chi connectivity index (χ3n) is 4.87. The number of benzene rings is 1.